The minimum atomic E-state index is -3.54. The number of esters is 2. The average Bonchev–Trinajstić information content (AvgIpc) is 3.45. The Bertz CT molecular complexity index is 1450. The zero-order valence-electron chi connectivity index (χ0n) is 40.1. The molecule has 0 heterocycles. The van der Waals surface area contributed by atoms with E-state index in [-0.39, 0.29) is 51.7 Å². The molecule has 4 aliphatic rings. The van der Waals surface area contributed by atoms with Gasteiger partial charge in [0.05, 0.1) is 16.1 Å². The van der Waals surface area contributed by atoms with Gasteiger partial charge in [-0.25, -0.2) is 8.42 Å². The number of carbonyl (C=O) groups is 3. The normalized spacial score (nSPS) is 29.2. The zero-order valence-corrected chi connectivity index (χ0v) is 40.9. The standard InChI is InChI=1S/C16H31NO3S.C16H28O2.C16H30O2/c1-7-16(5,6)14(18)17-21(19,20)13-10-8-12(9-11-13)15(2,3)4;1-7-14(2,3)13(17)18-12-10-11-8-9-16(12,6)15(11,4)5;1-7-16(5,6)14(17)18-13-10-8-12(9-11-13)15(2,3)4/h12-13H,7-11H2,1-6H3,(H,17,18);11-12H,7-10H2,1-6H3;12-13H,7-11H2,1-6H3. The minimum Gasteiger partial charge on any atom is -0.462 e. The van der Waals surface area contributed by atoms with Gasteiger partial charge in [0.2, 0.25) is 15.9 Å². The lowest BCUT2D eigenvalue weighted by Crippen LogP contribution is -2.45. The summed E-state index contributed by atoms with van der Waals surface area (Å²) in [6.07, 6.45) is 13.7. The molecule has 0 aromatic heterocycles. The first kappa shape index (κ1) is 51.5. The molecule has 1 N–H and O–H groups in total. The second-order valence-electron chi connectivity index (χ2n) is 23.3. The summed E-state index contributed by atoms with van der Waals surface area (Å²) in [5.74, 6) is 1.63. The van der Waals surface area contributed by atoms with Crippen LogP contribution < -0.4 is 4.72 Å². The third kappa shape index (κ3) is 12.9. The van der Waals surface area contributed by atoms with E-state index in [0.717, 1.165) is 56.8 Å². The Labute approximate surface area is 351 Å². The van der Waals surface area contributed by atoms with Crippen LogP contribution >= 0.6 is 0 Å². The molecular formula is C48H89NO7S. The number of nitrogens with one attached hydrogen (secondary N) is 1. The van der Waals surface area contributed by atoms with E-state index in [2.05, 4.69) is 67.0 Å². The molecule has 2 bridgehead atoms. The molecule has 4 saturated carbocycles. The maximum atomic E-state index is 12.4. The Kier molecular flexibility index (Phi) is 17.1. The maximum absolute atomic E-state index is 12.4. The Morgan fingerprint density at radius 1 is 0.596 bits per heavy atom. The van der Waals surface area contributed by atoms with E-state index < -0.39 is 20.7 Å². The molecule has 0 aliphatic heterocycles. The molecule has 3 atom stereocenters. The predicted octanol–water partition coefficient (Wildman–Crippen LogP) is 12.2. The van der Waals surface area contributed by atoms with Gasteiger partial charge in [0, 0.05) is 10.8 Å². The first-order chi connectivity index (χ1) is 25.7. The summed E-state index contributed by atoms with van der Waals surface area (Å²) < 4.78 is 38.6. The van der Waals surface area contributed by atoms with Crippen molar-refractivity contribution in [3.8, 4) is 0 Å². The number of carbonyl (C=O) groups excluding carboxylic acids is 3. The van der Waals surface area contributed by atoms with Gasteiger partial charge in [-0.05, 0) is 152 Å². The van der Waals surface area contributed by atoms with E-state index in [0.29, 0.717) is 36.0 Å². The highest BCUT2D eigenvalue weighted by Crippen LogP contribution is 2.66. The van der Waals surface area contributed by atoms with Crippen LogP contribution in [0.15, 0.2) is 0 Å². The van der Waals surface area contributed by atoms with Crippen LogP contribution in [0.5, 0.6) is 0 Å². The number of ether oxygens (including phenoxy) is 2. The van der Waals surface area contributed by atoms with Crippen molar-refractivity contribution in [2.24, 2.45) is 55.7 Å². The molecule has 0 radical (unpaired) electrons. The van der Waals surface area contributed by atoms with Crippen LogP contribution in [0.3, 0.4) is 0 Å². The van der Waals surface area contributed by atoms with Crippen molar-refractivity contribution in [1.29, 1.82) is 0 Å². The van der Waals surface area contributed by atoms with Crippen molar-refractivity contribution in [3.05, 3.63) is 0 Å². The Morgan fingerprint density at radius 3 is 1.35 bits per heavy atom. The van der Waals surface area contributed by atoms with Gasteiger partial charge in [-0.3, -0.25) is 19.1 Å². The number of hydrogen-bond acceptors (Lipinski definition) is 7. The summed E-state index contributed by atoms with van der Waals surface area (Å²) >= 11 is 0. The van der Waals surface area contributed by atoms with Crippen LogP contribution in [0.1, 0.15) is 215 Å². The van der Waals surface area contributed by atoms with Crippen LogP contribution in [0.2, 0.25) is 0 Å². The molecule has 334 valence electrons. The fraction of sp³-hybridized carbons (Fsp3) is 0.938. The third-order valence-electron chi connectivity index (χ3n) is 16.1. The molecule has 0 saturated heterocycles. The summed E-state index contributed by atoms with van der Waals surface area (Å²) in [6.45, 7) is 38.0. The van der Waals surface area contributed by atoms with Crippen LogP contribution in [0, 0.1) is 55.7 Å². The summed E-state index contributed by atoms with van der Waals surface area (Å²) in [7, 11) is -3.54. The van der Waals surface area contributed by atoms with Gasteiger partial charge in [0.1, 0.15) is 12.2 Å². The first-order valence-electron chi connectivity index (χ1n) is 22.7. The van der Waals surface area contributed by atoms with E-state index >= 15 is 0 Å². The molecule has 4 fully saturated rings. The maximum Gasteiger partial charge on any atom is 0.311 e. The van der Waals surface area contributed by atoms with Gasteiger partial charge < -0.3 is 9.47 Å². The Hall–Kier alpha value is -1.64. The summed E-state index contributed by atoms with van der Waals surface area (Å²) in [6, 6.07) is 0. The van der Waals surface area contributed by atoms with Crippen molar-refractivity contribution in [1.82, 2.24) is 4.72 Å². The fourth-order valence-corrected chi connectivity index (χ4v) is 10.6. The molecule has 4 aliphatic carbocycles. The molecule has 9 heteroatoms. The van der Waals surface area contributed by atoms with Crippen molar-refractivity contribution >= 4 is 27.9 Å². The van der Waals surface area contributed by atoms with Gasteiger partial charge in [-0.15, -0.1) is 0 Å². The van der Waals surface area contributed by atoms with E-state index in [9.17, 15) is 22.8 Å². The molecule has 1 amide bonds. The largest absolute Gasteiger partial charge is 0.462 e. The van der Waals surface area contributed by atoms with Crippen LogP contribution in [-0.2, 0) is 33.9 Å². The minimum absolute atomic E-state index is 0.0143. The molecule has 0 aromatic rings. The van der Waals surface area contributed by atoms with Crippen LogP contribution in [0.25, 0.3) is 0 Å². The van der Waals surface area contributed by atoms with Gasteiger partial charge in [0.25, 0.3) is 0 Å². The monoisotopic (exact) mass is 824 g/mol. The highest BCUT2D eigenvalue weighted by molar-refractivity contribution is 7.90. The van der Waals surface area contributed by atoms with Crippen LogP contribution in [0.4, 0.5) is 0 Å². The summed E-state index contributed by atoms with van der Waals surface area (Å²) in [5.41, 5.74) is -0.218. The van der Waals surface area contributed by atoms with E-state index in [1.807, 2.05) is 48.5 Å². The zero-order chi connectivity index (χ0) is 44.2. The SMILES string of the molecule is CCC(C)(C)C(=O)NS(=O)(=O)C1CCC(C(C)(C)C)CC1.CCC(C)(C)C(=O)OC1CC2CCC1(C)C2(C)C.CCC(C)(C)C(=O)OC1CCC(C(C)(C)C)CC1. The Morgan fingerprint density at radius 2 is 1.00 bits per heavy atom. The number of rotatable bonds is 10. The lowest BCUT2D eigenvalue weighted by Gasteiger charge is -2.39. The Balaban J connectivity index is 0.000000296. The van der Waals surface area contributed by atoms with E-state index in [1.54, 1.807) is 13.8 Å². The number of fused-ring (bicyclic) bond motifs is 2. The number of hydrogen-bond donors (Lipinski definition) is 1. The highest BCUT2D eigenvalue weighted by atomic mass is 32.2. The van der Waals surface area contributed by atoms with Crippen molar-refractivity contribution in [3.63, 3.8) is 0 Å². The van der Waals surface area contributed by atoms with Gasteiger partial charge in [0.15, 0.2) is 0 Å². The summed E-state index contributed by atoms with van der Waals surface area (Å²) in [5, 5.41) is -0.423. The van der Waals surface area contributed by atoms with Gasteiger partial charge in [-0.1, -0.05) is 96.9 Å². The second kappa shape index (κ2) is 19.0. The smallest absolute Gasteiger partial charge is 0.311 e. The lowest BCUT2D eigenvalue weighted by atomic mass is 9.70. The molecule has 0 aromatic carbocycles. The summed E-state index contributed by atoms with van der Waals surface area (Å²) in [4.78, 5) is 36.4. The molecule has 4 rings (SSSR count). The molecule has 8 nitrogen and oxygen atoms in total. The van der Waals surface area contributed by atoms with Gasteiger partial charge in [-0.2, -0.15) is 0 Å². The van der Waals surface area contributed by atoms with E-state index in [1.165, 1.54) is 25.7 Å². The predicted molar refractivity (Wildman–Crippen MR) is 235 cm³/mol. The molecule has 0 spiro atoms. The van der Waals surface area contributed by atoms with Crippen molar-refractivity contribution < 1.29 is 32.3 Å². The quantitative estimate of drug-likeness (QED) is 0.218. The fourth-order valence-electron chi connectivity index (χ4n) is 8.99. The molecule has 3 unspecified atom stereocenters. The first-order valence-corrected chi connectivity index (χ1v) is 24.2. The topological polar surface area (TPSA) is 116 Å². The highest BCUT2D eigenvalue weighted by Gasteiger charge is 2.63. The lowest BCUT2D eigenvalue weighted by molar-refractivity contribution is -0.167. The number of amides is 1. The van der Waals surface area contributed by atoms with Gasteiger partial charge >= 0.3 is 11.9 Å². The molecular weight excluding hydrogens is 735 g/mol. The van der Waals surface area contributed by atoms with Crippen molar-refractivity contribution in [2.75, 3.05) is 0 Å². The average molecular weight is 824 g/mol. The van der Waals surface area contributed by atoms with Crippen molar-refractivity contribution in [2.45, 2.75) is 232 Å². The van der Waals surface area contributed by atoms with Crippen LogP contribution in [-0.4, -0.2) is 43.7 Å². The van der Waals surface area contributed by atoms with E-state index in [4.69, 9.17) is 9.47 Å². The third-order valence-corrected chi connectivity index (χ3v) is 17.9. The number of sulfonamides is 1. The molecule has 57 heavy (non-hydrogen) atoms. The second-order valence-corrected chi connectivity index (χ2v) is 25.2.